The highest BCUT2D eigenvalue weighted by atomic mass is 35.5. The topological polar surface area (TPSA) is 58.6 Å². The van der Waals surface area contributed by atoms with Gasteiger partial charge in [-0.2, -0.15) is 0 Å². The van der Waals surface area contributed by atoms with Gasteiger partial charge in [0.05, 0.1) is 0 Å². The Kier molecular flexibility index (Phi) is 8.66. The van der Waals surface area contributed by atoms with E-state index in [9.17, 15) is 14.0 Å². The van der Waals surface area contributed by atoms with Crippen LogP contribution in [0.1, 0.15) is 31.9 Å². The molecule has 162 valence electrons. The Hall–Kier alpha value is -2.60. The maximum absolute atomic E-state index is 13.2. The van der Waals surface area contributed by atoms with Crippen LogP contribution in [0.3, 0.4) is 0 Å². The molecule has 0 aliphatic carbocycles. The van der Waals surface area contributed by atoms with Crippen LogP contribution in [0.2, 0.25) is 5.02 Å². The molecule has 2 amide bonds. The van der Waals surface area contributed by atoms with Gasteiger partial charge in [-0.05, 0) is 61.2 Å². The third-order valence-electron chi connectivity index (χ3n) is 4.61. The minimum Gasteiger partial charge on any atom is -0.484 e. The van der Waals surface area contributed by atoms with Crippen LogP contribution in [0.4, 0.5) is 4.39 Å². The van der Waals surface area contributed by atoms with Crippen molar-refractivity contribution in [3.63, 3.8) is 0 Å². The second-order valence-electron chi connectivity index (χ2n) is 7.66. The van der Waals surface area contributed by atoms with Gasteiger partial charge in [0.2, 0.25) is 5.91 Å². The van der Waals surface area contributed by atoms with Crippen molar-refractivity contribution in [2.24, 2.45) is 5.92 Å². The van der Waals surface area contributed by atoms with Crippen LogP contribution >= 0.6 is 11.6 Å². The van der Waals surface area contributed by atoms with Crippen LogP contribution in [-0.2, 0) is 16.1 Å². The fraction of sp³-hybridized carbons (Fsp3) is 0.391. The molecular weight excluding hydrogens is 407 g/mol. The zero-order valence-corrected chi connectivity index (χ0v) is 18.5. The maximum atomic E-state index is 13.2. The summed E-state index contributed by atoms with van der Waals surface area (Å²) in [5, 5.41) is 3.46. The van der Waals surface area contributed by atoms with Gasteiger partial charge in [0.1, 0.15) is 17.6 Å². The molecule has 0 spiro atoms. The van der Waals surface area contributed by atoms with E-state index < -0.39 is 6.04 Å². The van der Waals surface area contributed by atoms with Crippen molar-refractivity contribution in [1.29, 1.82) is 0 Å². The molecule has 7 heteroatoms. The summed E-state index contributed by atoms with van der Waals surface area (Å²) in [6.07, 6.45) is 0. The van der Waals surface area contributed by atoms with Crippen molar-refractivity contribution in [3.8, 4) is 5.75 Å². The zero-order valence-electron chi connectivity index (χ0n) is 17.7. The number of ether oxygens (including phenoxy) is 1. The van der Waals surface area contributed by atoms with Crippen molar-refractivity contribution in [2.45, 2.75) is 40.3 Å². The van der Waals surface area contributed by atoms with Gasteiger partial charge in [0, 0.05) is 18.1 Å². The Labute approximate surface area is 182 Å². The molecule has 0 unspecified atom stereocenters. The average Bonchev–Trinajstić information content (AvgIpc) is 2.71. The zero-order chi connectivity index (χ0) is 22.3. The first-order chi connectivity index (χ1) is 14.2. The number of amides is 2. The number of hydrogen-bond acceptors (Lipinski definition) is 3. The number of rotatable bonds is 9. The molecule has 1 N–H and O–H groups in total. The lowest BCUT2D eigenvalue weighted by Gasteiger charge is -2.29. The number of carbonyl (C=O) groups excluding carboxylic acids is 2. The Morgan fingerprint density at radius 1 is 1.13 bits per heavy atom. The summed E-state index contributed by atoms with van der Waals surface area (Å²) >= 11 is 6.02. The highest BCUT2D eigenvalue weighted by Gasteiger charge is 2.26. The lowest BCUT2D eigenvalue weighted by Crippen LogP contribution is -2.49. The lowest BCUT2D eigenvalue weighted by atomic mass is 10.1. The molecule has 30 heavy (non-hydrogen) atoms. The van der Waals surface area contributed by atoms with Crippen molar-refractivity contribution in [3.05, 3.63) is 64.4 Å². The standard InChI is InChI=1S/C23H28ClFN2O3/c1-15(2)12-26-23(29)17(4)27(13-18-5-7-19(25)8-6-18)22(28)14-30-20-9-10-21(24)16(3)11-20/h5-11,15,17H,12-14H2,1-4H3,(H,26,29)/t17-/m1/s1. The second kappa shape index (κ2) is 11.0. The molecule has 1 atom stereocenters. The summed E-state index contributed by atoms with van der Waals surface area (Å²) in [5.41, 5.74) is 1.56. The van der Waals surface area contributed by atoms with Crippen molar-refractivity contribution < 1.29 is 18.7 Å². The van der Waals surface area contributed by atoms with Crippen LogP contribution in [0.5, 0.6) is 5.75 Å². The first-order valence-electron chi connectivity index (χ1n) is 9.88. The number of aryl methyl sites for hydroxylation is 1. The largest absolute Gasteiger partial charge is 0.484 e. The van der Waals surface area contributed by atoms with E-state index >= 15 is 0 Å². The number of halogens is 2. The van der Waals surface area contributed by atoms with Gasteiger partial charge in [0.15, 0.2) is 6.61 Å². The van der Waals surface area contributed by atoms with Crippen LogP contribution in [0, 0.1) is 18.7 Å². The first-order valence-corrected chi connectivity index (χ1v) is 10.3. The summed E-state index contributed by atoms with van der Waals surface area (Å²) < 4.78 is 18.9. The average molecular weight is 435 g/mol. The van der Waals surface area contributed by atoms with E-state index in [1.807, 2.05) is 20.8 Å². The first kappa shape index (κ1) is 23.7. The summed E-state index contributed by atoms with van der Waals surface area (Å²) in [6, 6.07) is 10.3. The van der Waals surface area contributed by atoms with Crippen LogP contribution in [0.15, 0.2) is 42.5 Å². The van der Waals surface area contributed by atoms with Crippen LogP contribution in [0.25, 0.3) is 0 Å². The molecule has 5 nitrogen and oxygen atoms in total. The monoisotopic (exact) mass is 434 g/mol. The quantitative estimate of drug-likeness (QED) is 0.638. The van der Waals surface area contributed by atoms with Gasteiger partial charge in [-0.25, -0.2) is 4.39 Å². The molecule has 0 bridgehead atoms. The molecule has 0 fully saturated rings. The van der Waals surface area contributed by atoms with E-state index in [0.29, 0.717) is 23.2 Å². The molecule has 0 saturated carbocycles. The molecule has 2 rings (SSSR count). The van der Waals surface area contributed by atoms with E-state index in [-0.39, 0.29) is 30.8 Å². The van der Waals surface area contributed by atoms with Crippen LogP contribution in [-0.4, -0.2) is 35.9 Å². The SMILES string of the molecule is Cc1cc(OCC(=O)N(Cc2ccc(F)cc2)[C@H](C)C(=O)NCC(C)C)ccc1Cl. The lowest BCUT2D eigenvalue weighted by molar-refractivity contribution is -0.142. The Bertz CT molecular complexity index is 871. The van der Waals surface area contributed by atoms with Crippen molar-refractivity contribution >= 4 is 23.4 Å². The molecular formula is C23H28ClFN2O3. The number of nitrogens with zero attached hydrogens (tertiary/aromatic N) is 1. The van der Waals surface area contributed by atoms with E-state index in [1.54, 1.807) is 37.3 Å². The third-order valence-corrected chi connectivity index (χ3v) is 5.03. The molecule has 0 radical (unpaired) electrons. The molecule has 2 aromatic rings. The number of nitrogens with one attached hydrogen (secondary N) is 1. The van der Waals surface area contributed by atoms with Gasteiger partial charge in [-0.3, -0.25) is 9.59 Å². The van der Waals surface area contributed by atoms with E-state index in [4.69, 9.17) is 16.3 Å². The Balaban J connectivity index is 2.13. The van der Waals surface area contributed by atoms with E-state index in [2.05, 4.69) is 5.32 Å². The van der Waals surface area contributed by atoms with Gasteiger partial charge < -0.3 is 15.0 Å². The van der Waals surface area contributed by atoms with E-state index in [1.165, 1.54) is 17.0 Å². The Morgan fingerprint density at radius 3 is 2.40 bits per heavy atom. The highest BCUT2D eigenvalue weighted by Crippen LogP contribution is 2.21. The molecule has 0 saturated heterocycles. The highest BCUT2D eigenvalue weighted by molar-refractivity contribution is 6.31. The third kappa shape index (κ3) is 7.02. The normalized spacial score (nSPS) is 11.8. The van der Waals surface area contributed by atoms with E-state index in [0.717, 1.165) is 11.1 Å². The van der Waals surface area contributed by atoms with Gasteiger partial charge in [-0.15, -0.1) is 0 Å². The second-order valence-corrected chi connectivity index (χ2v) is 8.07. The molecule has 2 aromatic carbocycles. The molecule has 0 aliphatic heterocycles. The fourth-order valence-corrected chi connectivity index (χ4v) is 2.87. The fourth-order valence-electron chi connectivity index (χ4n) is 2.76. The summed E-state index contributed by atoms with van der Waals surface area (Å²) in [5.74, 6) is -0.149. The predicted octanol–water partition coefficient (Wildman–Crippen LogP) is 4.36. The predicted molar refractivity (Wildman–Crippen MR) is 116 cm³/mol. The van der Waals surface area contributed by atoms with Gasteiger partial charge in [-0.1, -0.05) is 37.6 Å². The smallest absolute Gasteiger partial charge is 0.261 e. The van der Waals surface area contributed by atoms with Crippen molar-refractivity contribution in [2.75, 3.05) is 13.2 Å². The van der Waals surface area contributed by atoms with Crippen LogP contribution < -0.4 is 10.1 Å². The summed E-state index contributed by atoms with van der Waals surface area (Å²) in [4.78, 5) is 27.0. The minimum atomic E-state index is -0.711. The van der Waals surface area contributed by atoms with Gasteiger partial charge in [0.25, 0.3) is 5.91 Å². The number of benzene rings is 2. The van der Waals surface area contributed by atoms with Gasteiger partial charge >= 0.3 is 0 Å². The molecule has 0 aliphatic rings. The summed E-state index contributed by atoms with van der Waals surface area (Å²) in [6.45, 7) is 7.95. The minimum absolute atomic E-state index is 0.165. The number of carbonyl (C=O) groups is 2. The maximum Gasteiger partial charge on any atom is 0.261 e. The summed E-state index contributed by atoms with van der Waals surface area (Å²) in [7, 11) is 0. The molecule has 0 aromatic heterocycles. The Morgan fingerprint density at radius 2 is 1.80 bits per heavy atom. The number of hydrogen-bond donors (Lipinski definition) is 1. The van der Waals surface area contributed by atoms with Crippen molar-refractivity contribution in [1.82, 2.24) is 10.2 Å². The molecule has 0 heterocycles.